The Morgan fingerprint density at radius 1 is 1.18 bits per heavy atom. The van der Waals surface area contributed by atoms with Gasteiger partial charge in [-0.1, -0.05) is 11.6 Å². The first-order chi connectivity index (χ1) is 8.19. The van der Waals surface area contributed by atoms with Crippen LogP contribution < -0.4 is 4.90 Å². The van der Waals surface area contributed by atoms with E-state index in [-0.39, 0.29) is 11.9 Å². The SMILES string of the molecule is OCCN1CCN(c2cc(Cl)nc(Cl)n2)CC1. The molecule has 0 unspecified atom stereocenters. The van der Waals surface area contributed by atoms with Gasteiger partial charge in [0.2, 0.25) is 5.28 Å². The molecule has 0 aliphatic carbocycles. The Labute approximate surface area is 110 Å². The Balaban J connectivity index is 2.00. The maximum absolute atomic E-state index is 8.86. The standard InChI is InChI=1S/C10H14Cl2N4O/c11-8-7-9(14-10(12)13-8)16-3-1-15(2-4-16)5-6-17/h7,17H,1-6H2. The van der Waals surface area contributed by atoms with Gasteiger partial charge < -0.3 is 10.0 Å². The van der Waals surface area contributed by atoms with Crippen molar-refractivity contribution in [1.29, 1.82) is 0 Å². The summed E-state index contributed by atoms with van der Waals surface area (Å²) in [4.78, 5) is 12.3. The molecule has 5 nitrogen and oxygen atoms in total. The van der Waals surface area contributed by atoms with E-state index in [2.05, 4.69) is 19.8 Å². The van der Waals surface area contributed by atoms with Crippen LogP contribution in [0.15, 0.2) is 6.07 Å². The molecule has 2 heterocycles. The maximum Gasteiger partial charge on any atom is 0.225 e. The van der Waals surface area contributed by atoms with Crippen LogP contribution in [0.25, 0.3) is 0 Å². The highest BCUT2D eigenvalue weighted by atomic mass is 35.5. The third-order valence-electron chi connectivity index (χ3n) is 2.77. The number of halogens is 2. The lowest BCUT2D eigenvalue weighted by atomic mass is 10.3. The van der Waals surface area contributed by atoms with Crippen LogP contribution in [-0.4, -0.2) is 59.3 Å². The summed E-state index contributed by atoms with van der Waals surface area (Å²) in [5, 5.41) is 9.39. The first-order valence-electron chi connectivity index (χ1n) is 5.47. The van der Waals surface area contributed by atoms with Crippen molar-refractivity contribution in [3.05, 3.63) is 16.5 Å². The van der Waals surface area contributed by atoms with Crippen molar-refractivity contribution in [2.75, 3.05) is 44.2 Å². The molecule has 2 rings (SSSR count). The van der Waals surface area contributed by atoms with Crippen LogP contribution in [-0.2, 0) is 0 Å². The summed E-state index contributed by atoms with van der Waals surface area (Å²) in [5.74, 6) is 0.763. The molecule has 17 heavy (non-hydrogen) atoms. The van der Waals surface area contributed by atoms with E-state index in [1.54, 1.807) is 6.07 Å². The summed E-state index contributed by atoms with van der Waals surface area (Å²) in [6, 6.07) is 1.72. The number of hydrogen-bond acceptors (Lipinski definition) is 5. The second-order valence-corrected chi connectivity index (χ2v) is 4.60. The molecule has 7 heteroatoms. The van der Waals surface area contributed by atoms with Crippen molar-refractivity contribution in [2.24, 2.45) is 0 Å². The monoisotopic (exact) mass is 276 g/mol. The van der Waals surface area contributed by atoms with Crippen LogP contribution in [0.1, 0.15) is 0 Å². The fourth-order valence-electron chi connectivity index (χ4n) is 1.88. The lowest BCUT2D eigenvalue weighted by Gasteiger charge is -2.35. The van der Waals surface area contributed by atoms with E-state index in [1.807, 2.05) is 0 Å². The van der Waals surface area contributed by atoms with Gasteiger partial charge in [0.25, 0.3) is 0 Å². The summed E-state index contributed by atoms with van der Waals surface area (Å²) in [6.07, 6.45) is 0. The molecule has 1 fully saturated rings. The van der Waals surface area contributed by atoms with Crippen LogP contribution in [0.5, 0.6) is 0 Å². The number of nitrogens with zero attached hydrogens (tertiary/aromatic N) is 4. The molecule has 0 atom stereocenters. The number of rotatable bonds is 3. The van der Waals surface area contributed by atoms with Gasteiger partial charge in [-0.15, -0.1) is 0 Å². The van der Waals surface area contributed by atoms with E-state index >= 15 is 0 Å². The Hall–Kier alpha value is -0.620. The van der Waals surface area contributed by atoms with Gasteiger partial charge in [-0.3, -0.25) is 4.90 Å². The van der Waals surface area contributed by atoms with E-state index in [4.69, 9.17) is 28.3 Å². The quantitative estimate of drug-likeness (QED) is 0.657. The molecule has 1 saturated heterocycles. The van der Waals surface area contributed by atoms with Crippen LogP contribution in [0.4, 0.5) is 5.82 Å². The molecule has 1 N–H and O–H groups in total. The summed E-state index contributed by atoms with van der Waals surface area (Å²) in [6.45, 7) is 4.43. The zero-order valence-electron chi connectivity index (χ0n) is 9.31. The van der Waals surface area contributed by atoms with Crippen molar-refractivity contribution >= 4 is 29.0 Å². The third-order valence-corrected chi connectivity index (χ3v) is 3.13. The highest BCUT2D eigenvalue weighted by Gasteiger charge is 2.18. The van der Waals surface area contributed by atoms with Gasteiger partial charge in [0.15, 0.2) is 0 Å². The Morgan fingerprint density at radius 3 is 2.47 bits per heavy atom. The predicted molar refractivity (Wildman–Crippen MR) is 67.8 cm³/mol. The molecule has 1 aliphatic rings. The number of aliphatic hydroxyl groups is 1. The number of piperazine rings is 1. The minimum absolute atomic E-state index is 0.172. The van der Waals surface area contributed by atoms with Gasteiger partial charge in [-0.25, -0.2) is 9.97 Å². The van der Waals surface area contributed by atoms with E-state index in [0.717, 1.165) is 38.5 Å². The first-order valence-corrected chi connectivity index (χ1v) is 6.23. The average Bonchev–Trinajstić information content (AvgIpc) is 2.29. The van der Waals surface area contributed by atoms with Crippen molar-refractivity contribution in [3.63, 3.8) is 0 Å². The highest BCUT2D eigenvalue weighted by molar-refractivity contribution is 6.32. The largest absolute Gasteiger partial charge is 0.395 e. The fraction of sp³-hybridized carbons (Fsp3) is 0.600. The lowest BCUT2D eigenvalue weighted by Crippen LogP contribution is -2.47. The number of hydrogen-bond donors (Lipinski definition) is 1. The smallest absolute Gasteiger partial charge is 0.225 e. The summed E-state index contributed by atoms with van der Waals surface area (Å²) >= 11 is 11.6. The van der Waals surface area contributed by atoms with Crippen LogP contribution in [0, 0.1) is 0 Å². The molecule has 1 aromatic heterocycles. The number of aromatic nitrogens is 2. The topological polar surface area (TPSA) is 52.5 Å². The van der Waals surface area contributed by atoms with Crippen molar-refractivity contribution in [3.8, 4) is 0 Å². The molecule has 94 valence electrons. The zero-order chi connectivity index (χ0) is 12.3. The molecule has 0 spiro atoms. The molecule has 0 aromatic carbocycles. The predicted octanol–water partition coefficient (Wildman–Crippen LogP) is 0.898. The van der Waals surface area contributed by atoms with Crippen LogP contribution in [0.3, 0.4) is 0 Å². The summed E-state index contributed by atoms with van der Waals surface area (Å²) in [7, 11) is 0. The molecule has 1 aromatic rings. The first kappa shape index (κ1) is 12.8. The highest BCUT2D eigenvalue weighted by Crippen LogP contribution is 2.19. The zero-order valence-corrected chi connectivity index (χ0v) is 10.8. The van der Waals surface area contributed by atoms with Gasteiger partial charge in [-0.05, 0) is 11.6 Å². The molecule has 0 saturated carbocycles. The second-order valence-electron chi connectivity index (χ2n) is 3.87. The van der Waals surface area contributed by atoms with Gasteiger partial charge in [0.05, 0.1) is 6.61 Å². The number of anilines is 1. The minimum Gasteiger partial charge on any atom is -0.395 e. The lowest BCUT2D eigenvalue weighted by molar-refractivity contribution is 0.188. The van der Waals surface area contributed by atoms with E-state index in [0.29, 0.717) is 5.15 Å². The Morgan fingerprint density at radius 2 is 1.88 bits per heavy atom. The number of aliphatic hydroxyl groups excluding tert-OH is 1. The minimum atomic E-state index is 0.172. The molecular formula is C10H14Cl2N4O. The molecule has 0 bridgehead atoms. The van der Waals surface area contributed by atoms with Gasteiger partial charge in [0.1, 0.15) is 11.0 Å². The normalized spacial score (nSPS) is 17.5. The van der Waals surface area contributed by atoms with Crippen LogP contribution >= 0.6 is 23.2 Å². The molecule has 0 amide bonds. The van der Waals surface area contributed by atoms with Gasteiger partial charge in [0, 0.05) is 38.8 Å². The Bertz CT molecular complexity index is 362. The molecular weight excluding hydrogens is 263 g/mol. The van der Waals surface area contributed by atoms with E-state index < -0.39 is 0 Å². The summed E-state index contributed by atoms with van der Waals surface area (Å²) < 4.78 is 0. The number of β-amino-alcohol motifs (C(OH)–C–C–N with tert-alkyl or cyclic N) is 1. The molecule has 1 aliphatic heterocycles. The van der Waals surface area contributed by atoms with E-state index in [1.165, 1.54) is 0 Å². The maximum atomic E-state index is 8.86. The third kappa shape index (κ3) is 3.42. The van der Waals surface area contributed by atoms with Gasteiger partial charge in [-0.2, -0.15) is 0 Å². The Kier molecular flexibility index (Phi) is 4.39. The van der Waals surface area contributed by atoms with E-state index in [9.17, 15) is 0 Å². The van der Waals surface area contributed by atoms with Crippen molar-refractivity contribution in [2.45, 2.75) is 0 Å². The fourth-order valence-corrected chi connectivity index (χ4v) is 2.28. The molecule has 0 radical (unpaired) electrons. The summed E-state index contributed by atoms with van der Waals surface area (Å²) in [5.41, 5.74) is 0. The van der Waals surface area contributed by atoms with Crippen molar-refractivity contribution in [1.82, 2.24) is 14.9 Å². The van der Waals surface area contributed by atoms with Gasteiger partial charge >= 0.3 is 0 Å². The van der Waals surface area contributed by atoms with Crippen molar-refractivity contribution < 1.29 is 5.11 Å². The van der Waals surface area contributed by atoms with Crippen LogP contribution in [0.2, 0.25) is 10.4 Å². The second kappa shape index (κ2) is 5.82. The average molecular weight is 277 g/mol.